The normalized spacial score (nSPS) is 26.1. The van der Waals surface area contributed by atoms with Crippen LogP contribution in [0.5, 0.6) is 0 Å². The van der Waals surface area contributed by atoms with Crippen molar-refractivity contribution in [3.05, 3.63) is 28.8 Å². The van der Waals surface area contributed by atoms with E-state index >= 15 is 0 Å². The number of ether oxygens (including phenoxy) is 1. The zero-order valence-corrected chi connectivity index (χ0v) is 24.3. The van der Waals surface area contributed by atoms with Crippen LogP contribution in [0.1, 0.15) is 61.6 Å². The smallest absolute Gasteiger partial charge is 0.335 e. The van der Waals surface area contributed by atoms with Crippen LogP contribution in [0.15, 0.2) is 23.4 Å². The number of Topliss-reactive ketones (excluding diaryl/α,β-unsaturated/α-hetero) is 1. The monoisotopic (exact) mass is 534 g/mol. The zero-order valence-electron chi connectivity index (χ0n) is 22.3. The van der Waals surface area contributed by atoms with Gasteiger partial charge in [0.15, 0.2) is 17.3 Å². The van der Waals surface area contributed by atoms with Crippen LogP contribution in [0.3, 0.4) is 0 Å². The molecule has 2 saturated heterocycles. The SMILES string of the molecule is CC(C)[Si]1(C(C)C)OC[C@H]2O[C@@H](n3ccc(=O)c4c(N)ncnc43)C(=O)[C@@H]2O[Si](C(C)C)(C(C)C)O1. The number of pyridine rings is 1. The molecule has 0 aliphatic carbocycles. The standard InChI is InChI=1S/C24H38N4O6Si2/c1-13(2)35(14(3)4)31-11-18-21(33-36(34-35,15(5)6)16(7)8)20(30)24(32-18)28-10-9-17(29)19-22(25)26-12-27-23(19)28/h9-10,12-16,18,21,24H,11H2,1-8H3,(H2,25,26,27)/t18-,21-,24-/m1/s1. The number of nitrogens with zero attached hydrogens (tertiary/aromatic N) is 3. The van der Waals surface area contributed by atoms with E-state index < -0.39 is 35.6 Å². The van der Waals surface area contributed by atoms with Crippen LogP contribution in [0.2, 0.25) is 22.2 Å². The Bertz CT molecular complexity index is 1180. The molecule has 4 heterocycles. The van der Waals surface area contributed by atoms with Gasteiger partial charge >= 0.3 is 17.1 Å². The van der Waals surface area contributed by atoms with Crippen molar-refractivity contribution >= 4 is 39.8 Å². The Balaban J connectivity index is 1.82. The van der Waals surface area contributed by atoms with E-state index in [1.165, 1.54) is 23.2 Å². The highest BCUT2D eigenvalue weighted by Crippen LogP contribution is 2.47. The van der Waals surface area contributed by atoms with Crippen molar-refractivity contribution in [1.29, 1.82) is 0 Å². The Morgan fingerprint density at radius 2 is 1.58 bits per heavy atom. The molecule has 4 rings (SSSR count). The molecule has 0 saturated carbocycles. The Labute approximate surface area is 214 Å². The Morgan fingerprint density at radius 1 is 0.972 bits per heavy atom. The van der Waals surface area contributed by atoms with Crippen LogP contribution in [-0.2, 0) is 22.5 Å². The summed E-state index contributed by atoms with van der Waals surface area (Å²) in [5.74, 6) is -0.199. The molecule has 2 aliphatic rings. The van der Waals surface area contributed by atoms with E-state index in [1.54, 1.807) is 0 Å². The fraction of sp³-hybridized carbons (Fsp3) is 0.667. The molecule has 12 heteroatoms. The van der Waals surface area contributed by atoms with E-state index in [4.69, 9.17) is 23.4 Å². The second kappa shape index (κ2) is 9.73. The predicted octanol–water partition coefficient (Wildman–Crippen LogP) is 3.80. The first-order valence-corrected chi connectivity index (χ1v) is 16.6. The third-order valence-corrected chi connectivity index (χ3v) is 17.7. The van der Waals surface area contributed by atoms with Gasteiger partial charge in [-0.1, -0.05) is 55.4 Å². The summed E-state index contributed by atoms with van der Waals surface area (Å²) in [6, 6.07) is 1.34. The van der Waals surface area contributed by atoms with Gasteiger partial charge in [0, 0.05) is 12.3 Å². The average Bonchev–Trinajstić information content (AvgIpc) is 3.07. The Morgan fingerprint density at radius 3 is 2.17 bits per heavy atom. The van der Waals surface area contributed by atoms with Gasteiger partial charge in [-0.05, 0) is 22.2 Å². The lowest BCUT2D eigenvalue weighted by molar-refractivity contribution is -0.130. The zero-order chi connectivity index (χ0) is 26.6. The molecule has 2 aromatic rings. The number of nitrogen functional groups attached to an aromatic ring is 1. The number of hydrogen-bond donors (Lipinski definition) is 1. The highest BCUT2D eigenvalue weighted by molar-refractivity contribution is 6.84. The van der Waals surface area contributed by atoms with Crippen molar-refractivity contribution < 1.29 is 22.5 Å². The van der Waals surface area contributed by atoms with E-state index in [0.29, 0.717) is 0 Å². The first kappa shape index (κ1) is 27.1. The van der Waals surface area contributed by atoms with Gasteiger partial charge in [-0.3, -0.25) is 14.2 Å². The fourth-order valence-corrected chi connectivity index (χ4v) is 16.7. The first-order chi connectivity index (χ1) is 16.9. The summed E-state index contributed by atoms with van der Waals surface area (Å²) in [5, 5.41) is 0.153. The fourth-order valence-electron chi connectivity index (χ4n) is 5.53. The molecule has 0 radical (unpaired) electrons. The van der Waals surface area contributed by atoms with Gasteiger partial charge in [-0.2, -0.15) is 0 Å². The van der Waals surface area contributed by atoms with E-state index in [9.17, 15) is 9.59 Å². The summed E-state index contributed by atoms with van der Waals surface area (Å²) < 4.78 is 28.6. The van der Waals surface area contributed by atoms with Crippen molar-refractivity contribution in [2.24, 2.45) is 0 Å². The lowest BCUT2D eigenvalue weighted by Gasteiger charge is -2.50. The number of carbonyl (C=O) groups is 1. The number of aromatic nitrogens is 3. The number of rotatable bonds is 5. The molecule has 3 atom stereocenters. The number of nitrogens with two attached hydrogens (primary N) is 1. The molecule has 0 aromatic carbocycles. The summed E-state index contributed by atoms with van der Waals surface area (Å²) in [6.07, 6.45) is 0.261. The quantitative estimate of drug-likeness (QED) is 0.570. The topological polar surface area (TPSA) is 128 Å². The minimum absolute atomic E-state index is 0.0551. The predicted molar refractivity (Wildman–Crippen MR) is 141 cm³/mol. The maximum Gasteiger partial charge on any atom is 0.335 e. The molecule has 0 unspecified atom stereocenters. The van der Waals surface area contributed by atoms with Crippen molar-refractivity contribution in [3.8, 4) is 0 Å². The summed E-state index contributed by atoms with van der Waals surface area (Å²) in [6.45, 7) is 17.2. The molecule has 2 N–H and O–H groups in total. The number of carbonyl (C=O) groups excluding carboxylic acids is 1. The second-order valence-corrected chi connectivity index (χ2v) is 19.8. The average molecular weight is 535 g/mol. The van der Waals surface area contributed by atoms with Crippen LogP contribution in [-0.4, -0.2) is 56.3 Å². The molecule has 2 fully saturated rings. The van der Waals surface area contributed by atoms with Gasteiger partial charge < -0.3 is 23.4 Å². The molecule has 0 bridgehead atoms. The molecule has 0 spiro atoms. The number of hydrogen-bond acceptors (Lipinski definition) is 9. The maximum atomic E-state index is 13.9. The van der Waals surface area contributed by atoms with Gasteiger partial charge in [0.2, 0.25) is 5.78 Å². The van der Waals surface area contributed by atoms with Crippen LogP contribution < -0.4 is 11.2 Å². The number of anilines is 1. The number of ketones is 1. The van der Waals surface area contributed by atoms with Gasteiger partial charge in [-0.25, -0.2) is 9.97 Å². The molecule has 2 aromatic heterocycles. The minimum Gasteiger partial charge on any atom is -0.414 e. The van der Waals surface area contributed by atoms with Crippen molar-refractivity contribution in [2.75, 3.05) is 12.3 Å². The van der Waals surface area contributed by atoms with Crippen LogP contribution in [0.25, 0.3) is 11.0 Å². The van der Waals surface area contributed by atoms with E-state index in [0.717, 1.165) is 0 Å². The van der Waals surface area contributed by atoms with Gasteiger partial charge in [0.1, 0.15) is 29.7 Å². The first-order valence-electron chi connectivity index (χ1n) is 12.7. The van der Waals surface area contributed by atoms with Crippen LogP contribution in [0.4, 0.5) is 5.82 Å². The summed E-state index contributed by atoms with van der Waals surface area (Å²) in [7, 11) is -5.74. The third-order valence-electron chi connectivity index (χ3n) is 7.47. The lowest BCUT2D eigenvalue weighted by Crippen LogP contribution is -2.65. The third kappa shape index (κ3) is 4.17. The molecule has 10 nitrogen and oxygen atoms in total. The van der Waals surface area contributed by atoms with Gasteiger partial charge in [0.25, 0.3) is 0 Å². The van der Waals surface area contributed by atoms with Crippen LogP contribution in [0, 0.1) is 0 Å². The van der Waals surface area contributed by atoms with E-state index in [1.807, 2.05) is 0 Å². The van der Waals surface area contributed by atoms with Gasteiger partial charge in [0.05, 0.1) is 6.61 Å². The molecule has 2 aliphatic heterocycles. The van der Waals surface area contributed by atoms with E-state index in [-0.39, 0.29) is 56.8 Å². The molecule has 198 valence electrons. The molecular formula is C24H38N4O6Si2. The second-order valence-electron chi connectivity index (χ2n) is 11.0. The Hall–Kier alpha value is -1.97. The summed E-state index contributed by atoms with van der Waals surface area (Å²) in [4.78, 5) is 34.5. The maximum absolute atomic E-state index is 13.9. The van der Waals surface area contributed by atoms with Crippen molar-refractivity contribution in [1.82, 2.24) is 14.5 Å². The summed E-state index contributed by atoms with van der Waals surface area (Å²) >= 11 is 0. The molecule has 0 amide bonds. The highest BCUT2D eigenvalue weighted by Gasteiger charge is 2.61. The molecular weight excluding hydrogens is 496 g/mol. The number of fused-ring (bicyclic) bond motifs is 2. The lowest BCUT2D eigenvalue weighted by atomic mass is 10.1. The van der Waals surface area contributed by atoms with Crippen LogP contribution >= 0.6 is 0 Å². The van der Waals surface area contributed by atoms with Crippen molar-refractivity contribution in [3.63, 3.8) is 0 Å². The highest BCUT2D eigenvalue weighted by atomic mass is 28.5. The Kier molecular flexibility index (Phi) is 7.32. The largest absolute Gasteiger partial charge is 0.414 e. The minimum atomic E-state index is -2.98. The van der Waals surface area contributed by atoms with E-state index in [2.05, 4.69) is 65.4 Å². The van der Waals surface area contributed by atoms with Crippen molar-refractivity contribution in [2.45, 2.75) is 96.0 Å². The molecule has 36 heavy (non-hydrogen) atoms. The van der Waals surface area contributed by atoms with Gasteiger partial charge in [-0.15, -0.1) is 0 Å². The summed E-state index contributed by atoms with van der Waals surface area (Å²) in [5.41, 5.74) is 6.40.